The Bertz CT molecular complexity index is 643. The molecule has 1 amide bonds. The van der Waals surface area contributed by atoms with Gasteiger partial charge in [-0.3, -0.25) is 9.69 Å². The van der Waals surface area contributed by atoms with Crippen molar-refractivity contribution in [2.24, 2.45) is 4.99 Å². The van der Waals surface area contributed by atoms with Gasteiger partial charge in [-0.15, -0.1) is 0 Å². The van der Waals surface area contributed by atoms with Crippen LogP contribution in [0.15, 0.2) is 29.3 Å². The first-order valence-electron chi connectivity index (χ1n) is 9.93. The van der Waals surface area contributed by atoms with E-state index in [1.54, 1.807) is 0 Å². The lowest BCUT2D eigenvalue weighted by molar-refractivity contribution is -0.130. The van der Waals surface area contributed by atoms with Gasteiger partial charge in [0.1, 0.15) is 6.54 Å². The number of ether oxygens (including phenoxy) is 1. The standard InChI is InChI=1S/C20H31N5O2/c1-2-21-20(22-8-10-24-11-13-27-14-12-24)23-15-19(26)25-9-7-17-5-3-4-6-18(17)16-25/h3-6H,2,7-16H2,1H3,(H2,21,22,23). The predicted molar refractivity (Wildman–Crippen MR) is 107 cm³/mol. The van der Waals surface area contributed by atoms with Crippen molar-refractivity contribution in [3.05, 3.63) is 35.4 Å². The van der Waals surface area contributed by atoms with Crippen LogP contribution in [0.1, 0.15) is 18.1 Å². The van der Waals surface area contributed by atoms with Crippen molar-refractivity contribution in [2.75, 3.05) is 59.0 Å². The molecule has 7 nitrogen and oxygen atoms in total. The Hall–Kier alpha value is -2.12. The van der Waals surface area contributed by atoms with Crippen LogP contribution in [0.5, 0.6) is 0 Å². The first kappa shape index (κ1) is 19.6. The summed E-state index contributed by atoms with van der Waals surface area (Å²) in [7, 11) is 0. The fraction of sp³-hybridized carbons (Fsp3) is 0.600. The molecule has 148 valence electrons. The molecule has 1 aromatic carbocycles. The molecule has 1 fully saturated rings. The molecular weight excluding hydrogens is 342 g/mol. The van der Waals surface area contributed by atoms with Gasteiger partial charge in [0.15, 0.2) is 5.96 Å². The second-order valence-corrected chi connectivity index (χ2v) is 6.91. The number of nitrogens with one attached hydrogen (secondary N) is 2. The van der Waals surface area contributed by atoms with Gasteiger partial charge in [-0.1, -0.05) is 24.3 Å². The summed E-state index contributed by atoms with van der Waals surface area (Å²) >= 11 is 0. The van der Waals surface area contributed by atoms with Gasteiger partial charge in [0, 0.05) is 45.8 Å². The van der Waals surface area contributed by atoms with Crippen LogP contribution in [0, 0.1) is 0 Å². The van der Waals surface area contributed by atoms with Gasteiger partial charge in [0.25, 0.3) is 0 Å². The normalized spacial score (nSPS) is 18.1. The SMILES string of the molecule is CCNC(=NCC(=O)N1CCc2ccccc2C1)NCCN1CCOCC1. The van der Waals surface area contributed by atoms with Gasteiger partial charge in [0.2, 0.25) is 5.91 Å². The molecule has 27 heavy (non-hydrogen) atoms. The van der Waals surface area contributed by atoms with Gasteiger partial charge >= 0.3 is 0 Å². The predicted octanol–water partition coefficient (Wildman–Crippen LogP) is 0.459. The average molecular weight is 374 g/mol. The number of rotatable bonds is 6. The van der Waals surface area contributed by atoms with Crippen LogP contribution >= 0.6 is 0 Å². The lowest BCUT2D eigenvalue weighted by Crippen LogP contribution is -2.45. The summed E-state index contributed by atoms with van der Waals surface area (Å²) in [6, 6.07) is 8.35. The zero-order valence-electron chi connectivity index (χ0n) is 16.2. The molecule has 0 atom stereocenters. The minimum atomic E-state index is 0.0786. The lowest BCUT2D eigenvalue weighted by Gasteiger charge is -2.28. The highest BCUT2D eigenvalue weighted by molar-refractivity contribution is 5.85. The Kier molecular flexibility index (Phi) is 7.47. The Morgan fingerprint density at radius 3 is 2.70 bits per heavy atom. The number of hydrogen-bond donors (Lipinski definition) is 2. The first-order valence-corrected chi connectivity index (χ1v) is 9.93. The number of aliphatic imine (C=N–C) groups is 1. The maximum Gasteiger partial charge on any atom is 0.244 e. The second kappa shape index (κ2) is 10.3. The van der Waals surface area contributed by atoms with E-state index in [9.17, 15) is 4.79 Å². The molecule has 0 unspecified atom stereocenters. The highest BCUT2D eigenvalue weighted by Crippen LogP contribution is 2.18. The van der Waals surface area contributed by atoms with Crippen molar-refractivity contribution >= 4 is 11.9 Å². The highest BCUT2D eigenvalue weighted by atomic mass is 16.5. The van der Waals surface area contributed by atoms with E-state index >= 15 is 0 Å². The van der Waals surface area contributed by atoms with Crippen LogP contribution in [0.25, 0.3) is 0 Å². The van der Waals surface area contributed by atoms with E-state index in [4.69, 9.17) is 4.74 Å². The summed E-state index contributed by atoms with van der Waals surface area (Å²) in [4.78, 5) is 21.3. The van der Waals surface area contributed by atoms with Gasteiger partial charge in [0.05, 0.1) is 13.2 Å². The molecule has 0 bridgehead atoms. The monoisotopic (exact) mass is 373 g/mol. The third-order valence-corrected chi connectivity index (χ3v) is 5.02. The molecular formula is C20H31N5O2. The molecule has 1 aromatic rings. The molecule has 0 spiro atoms. The topological polar surface area (TPSA) is 69.2 Å². The van der Waals surface area contributed by atoms with E-state index in [1.807, 2.05) is 17.9 Å². The summed E-state index contributed by atoms with van der Waals surface area (Å²) in [5.41, 5.74) is 2.60. The number of hydrogen-bond acceptors (Lipinski definition) is 4. The number of carbonyl (C=O) groups is 1. The maximum absolute atomic E-state index is 12.6. The number of nitrogens with zero attached hydrogens (tertiary/aromatic N) is 3. The Labute approximate surface area is 161 Å². The summed E-state index contributed by atoms with van der Waals surface area (Å²) in [6.45, 7) is 9.75. The van der Waals surface area contributed by atoms with Crippen LogP contribution in [0.2, 0.25) is 0 Å². The van der Waals surface area contributed by atoms with Crippen LogP contribution in [0.4, 0.5) is 0 Å². The summed E-state index contributed by atoms with van der Waals surface area (Å²) in [5.74, 6) is 0.784. The van der Waals surface area contributed by atoms with Crippen LogP contribution in [-0.4, -0.2) is 80.7 Å². The molecule has 0 aliphatic carbocycles. The molecule has 3 rings (SSSR count). The number of carbonyl (C=O) groups excluding carboxylic acids is 1. The highest BCUT2D eigenvalue weighted by Gasteiger charge is 2.20. The third kappa shape index (κ3) is 5.94. The number of fused-ring (bicyclic) bond motifs is 1. The molecule has 2 aliphatic rings. The van der Waals surface area contributed by atoms with Crippen molar-refractivity contribution in [1.82, 2.24) is 20.4 Å². The smallest absolute Gasteiger partial charge is 0.244 e. The van der Waals surface area contributed by atoms with E-state index in [0.29, 0.717) is 12.5 Å². The zero-order chi connectivity index (χ0) is 18.9. The van der Waals surface area contributed by atoms with Crippen molar-refractivity contribution in [3.8, 4) is 0 Å². The van der Waals surface area contributed by atoms with E-state index in [0.717, 1.165) is 58.9 Å². The minimum Gasteiger partial charge on any atom is -0.379 e. The molecule has 2 heterocycles. The van der Waals surface area contributed by atoms with E-state index in [-0.39, 0.29) is 12.5 Å². The van der Waals surface area contributed by atoms with Gasteiger partial charge in [-0.05, 0) is 24.5 Å². The number of morpholine rings is 1. The molecule has 0 saturated carbocycles. The molecule has 2 N–H and O–H groups in total. The van der Waals surface area contributed by atoms with Crippen molar-refractivity contribution in [2.45, 2.75) is 19.9 Å². The molecule has 7 heteroatoms. The van der Waals surface area contributed by atoms with Crippen LogP contribution in [-0.2, 0) is 22.5 Å². The minimum absolute atomic E-state index is 0.0786. The summed E-state index contributed by atoms with van der Waals surface area (Å²) in [6.07, 6.45) is 0.920. The number of benzene rings is 1. The van der Waals surface area contributed by atoms with Crippen molar-refractivity contribution < 1.29 is 9.53 Å². The molecule has 0 radical (unpaired) electrons. The Morgan fingerprint density at radius 1 is 1.15 bits per heavy atom. The van der Waals surface area contributed by atoms with E-state index in [2.05, 4.69) is 38.7 Å². The molecule has 0 aromatic heterocycles. The van der Waals surface area contributed by atoms with E-state index in [1.165, 1.54) is 11.1 Å². The largest absolute Gasteiger partial charge is 0.379 e. The Balaban J connectivity index is 1.46. The van der Waals surface area contributed by atoms with Gasteiger partial charge < -0.3 is 20.3 Å². The van der Waals surface area contributed by atoms with Crippen LogP contribution in [0.3, 0.4) is 0 Å². The van der Waals surface area contributed by atoms with Crippen molar-refractivity contribution in [3.63, 3.8) is 0 Å². The summed E-state index contributed by atoms with van der Waals surface area (Å²) in [5, 5.41) is 6.55. The van der Waals surface area contributed by atoms with Gasteiger partial charge in [-0.2, -0.15) is 0 Å². The molecule has 2 aliphatic heterocycles. The average Bonchev–Trinajstić information content (AvgIpc) is 2.72. The number of guanidine groups is 1. The number of amides is 1. The second-order valence-electron chi connectivity index (χ2n) is 6.91. The van der Waals surface area contributed by atoms with E-state index < -0.39 is 0 Å². The zero-order valence-corrected chi connectivity index (χ0v) is 16.2. The third-order valence-electron chi connectivity index (χ3n) is 5.02. The quantitative estimate of drug-likeness (QED) is 0.560. The summed E-state index contributed by atoms with van der Waals surface area (Å²) < 4.78 is 5.37. The first-order chi connectivity index (χ1) is 13.3. The molecule has 1 saturated heterocycles. The lowest BCUT2D eigenvalue weighted by atomic mass is 10.00. The Morgan fingerprint density at radius 2 is 1.93 bits per heavy atom. The maximum atomic E-state index is 12.6. The van der Waals surface area contributed by atoms with Gasteiger partial charge in [-0.25, -0.2) is 4.99 Å². The fourth-order valence-electron chi connectivity index (χ4n) is 3.45. The van der Waals surface area contributed by atoms with Crippen molar-refractivity contribution in [1.29, 1.82) is 0 Å². The van der Waals surface area contributed by atoms with Crippen LogP contribution < -0.4 is 10.6 Å². The fourth-order valence-corrected chi connectivity index (χ4v) is 3.45.